The second kappa shape index (κ2) is 6.92. The van der Waals surface area contributed by atoms with E-state index in [0.717, 1.165) is 12.8 Å². The Kier molecular flexibility index (Phi) is 4.97. The van der Waals surface area contributed by atoms with Crippen LogP contribution in [0.1, 0.15) is 25.7 Å². The highest BCUT2D eigenvalue weighted by Gasteiger charge is 2.23. The molecule has 2 rings (SSSR count). The van der Waals surface area contributed by atoms with E-state index >= 15 is 0 Å². The minimum absolute atomic E-state index is 0.0300. The summed E-state index contributed by atoms with van der Waals surface area (Å²) < 4.78 is 0. The van der Waals surface area contributed by atoms with E-state index in [4.69, 9.17) is 0 Å². The molecule has 21 heavy (non-hydrogen) atoms. The maximum atomic E-state index is 11.5. The van der Waals surface area contributed by atoms with Crippen LogP contribution in [0.5, 0.6) is 0 Å². The molecule has 1 amide bonds. The zero-order valence-electron chi connectivity index (χ0n) is 12.0. The van der Waals surface area contributed by atoms with Gasteiger partial charge in [0.25, 0.3) is 0 Å². The molecule has 1 aromatic carbocycles. The molecule has 7 heteroatoms. The molecular weight excluding hydrogens is 272 g/mol. The number of nitrogens with zero attached hydrogens (tertiary/aromatic N) is 1. The number of nitro benzene ring substituents is 1. The largest absolute Gasteiger partial charge is 0.382 e. The SMILES string of the molecule is CNc1cccc(NCCCC(=O)NC2CC2)c1[N+](=O)[O-]. The molecule has 3 N–H and O–H groups in total. The van der Waals surface area contributed by atoms with Crippen molar-refractivity contribution in [2.24, 2.45) is 0 Å². The van der Waals surface area contributed by atoms with Crippen LogP contribution in [-0.2, 0) is 4.79 Å². The van der Waals surface area contributed by atoms with Gasteiger partial charge in [0.15, 0.2) is 0 Å². The molecule has 0 unspecified atom stereocenters. The molecule has 1 aliphatic rings. The van der Waals surface area contributed by atoms with Crippen molar-refractivity contribution in [1.82, 2.24) is 5.32 Å². The number of nitro groups is 1. The zero-order chi connectivity index (χ0) is 15.2. The maximum Gasteiger partial charge on any atom is 0.315 e. The van der Waals surface area contributed by atoms with Crippen LogP contribution >= 0.6 is 0 Å². The number of hydrogen-bond donors (Lipinski definition) is 3. The van der Waals surface area contributed by atoms with Gasteiger partial charge in [-0.05, 0) is 31.4 Å². The number of amides is 1. The van der Waals surface area contributed by atoms with E-state index in [1.807, 2.05) is 0 Å². The summed E-state index contributed by atoms with van der Waals surface area (Å²) in [7, 11) is 1.65. The average molecular weight is 292 g/mol. The quantitative estimate of drug-likeness (QED) is 0.387. The Hall–Kier alpha value is -2.31. The van der Waals surface area contributed by atoms with Gasteiger partial charge >= 0.3 is 5.69 Å². The van der Waals surface area contributed by atoms with Crippen LogP contribution in [-0.4, -0.2) is 30.5 Å². The van der Waals surface area contributed by atoms with Gasteiger partial charge in [0, 0.05) is 26.1 Å². The van der Waals surface area contributed by atoms with Gasteiger partial charge in [0.1, 0.15) is 11.4 Å². The Morgan fingerprint density at radius 1 is 1.38 bits per heavy atom. The van der Waals surface area contributed by atoms with Crippen LogP contribution in [0.2, 0.25) is 0 Å². The van der Waals surface area contributed by atoms with Gasteiger partial charge in [-0.3, -0.25) is 14.9 Å². The average Bonchev–Trinajstić information content (AvgIpc) is 3.26. The molecule has 7 nitrogen and oxygen atoms in total. The van der Waals surface area contributed by atoms with Crippen LogP contribution < -0.4 is 16.0 Å². The highest BCUT2D eigenvalue weighted by Crippen LogP contribution is 2.32. The third-order valence-corrected chi connectivity index (χ3v) is 3.33. The molecule has 1 aromatic rings. The third-order valence-electron chi connectivity index (χ3n) is 3.33. The number of carbonyl (C=O) groups excluding carboxylic acids is 1. The summed E-state index contributed by atoms with van der Waals surface area (Å²) in [5.41, 5.74) is 0.966. The van der Waals surface area contributed by atoms with Crippen LogP contribution in [0.3, 0.4) is 0 Å². The number of carbonyl (C=O) groups is 1. The summed E-state index contributed by atoms with van der Waals surface area (Å²) in [6.07, 6.45) is 3.22. The normalized spacial score (nSPS) is 13.6. The van der Waals surface area contributed by atoms with Crippen molar-refractivity contribution in [2.45, 2.75) is 31.7 Å². The molecule has 0 aliphatic heterocycles. The van der Waals surface area contributed by atoms with Crippen molar-refractivity contribution in [3.63, 3.8) is 0 Å². The van der Waals surface area contributed by atoms with Crippen LogP contribution in [0.25, 0.3) is 0 Å². The third kappa shape index (κ3) is 4.34. The fourth-order valence-corrected chi connectivity index (χ4v) is 2.08. The van der Waals surface area contributed by atoms with Crippen molar-refractivity contribution in [3.05, 3.63) is 28.3 Å². The van der Waals surface area contributed by atoms with Crippen molar-refractivity contribution in [1.29, 1.82) is 0 Å². The van der Waals surface area contributed by atoms with Gasteiger partial charge in [-0.2, -0.15) is 0 Å². The molecule has 0 saturated heterocycles. The van der Waals surface area contributed by atoms with Gasteiger partial charge in [0.2, 0.25) is 5.91 Å². The first-order valence-electron chi connectivity index (χ1n) is 7.10. The number of nitrogens with one attached hydrogen (secondary N) is 3. The lowest BCUT2D eigenvalue weighted by Gasteiger charge is -2.10. The molecule has 0 atom stereocenters. The standard InChI is InChI=1S/C14H20N4O3/c1-15-11-4-2-5-12(14(11)18(20)21)16-9-3-6-13(19)17-10-7-8-10/h2,4-5,10,15-16H,3,6-9H2,1H3,(H,17,19). The van der Waals surface area contributed by atoms with Gasteiger partial charge < -0.3 is 16.0 Å². The molecule has 0 bridgehead atoms. The fourth-order valence-electron chi connectivity index (χ4n) is 2.08. The predicted molar refractivity (Wildman–Crippen MR) is 81.5 cm³/mol. The highest BCUT2D eigenvalue weighted by atomic mass is 16.6. The first-order chi connectivity index (χ1) is 10.1. The summed E-state index contributed by atoms with van der Waals surface area (Å²) in [6, 6.07) is 5.45. The Bertz CT molecular complexity index is 529. The topological polar surface area (TPSA) is 96.3 Å². The van der Waals surface area contributed by atoms with Gasteiger partial charge in [-0.15, -0.1) is 0 Å². The Morgan fingerprint density at radius 2 is 2.10 bits per heavy atom. The van der Waals surface area contributed by atoms with Gasteiger partial charge in [0.05, 0.1) is 4.92 Å². The number of rotatable bonds is 8. The van der Waals surface area contributed by atoms with E-state index in [-0.39, 0.29) is 11.6 Å². The van der Waals surface area contributed by atoms with Gasteiger partial charge in [-0.25, -0.2) is 0 Å². The lowest BCUT2D eigenvalue weighted by molar-refractivity contribution is -0.383. The number of anilines is 2. The highest BCUT2D eigenvalue weighted by molar-refractivity contribution is 5.77. The van der Waals surface area contributed by atoms with E-state index in [0.29, 0.717) is 36.8 Å². The number of para-hydroxylation sites is 1. The van der Waals surface area contributed by atoms with E-state index in [9.17, 15) is 14.9 Å². The Morgan fingerprint density at radius 3 is 2.71 bits per heavy atom. The predicted octanol–water partition coefficient (Wildman–Crippen LogP) is 2.11. The first kappa shape index (κ1) is 15.1. The van der Waals surface area contributed by atoms with Crippen molar-refractivity contribution < 1.29 is 9.72 Å². The summed E-state index contributed by atoms with van der Waals surface area (Å²) in [6.45, 7) is 0.520. The summed E-state index contributed by atoms with van der Waals surface area (Å²) in [5, 5.41) is 19.9. The van der Waals surface area contributed by atoms with E-state index in [1.54, 1.807) is 25.2 Å². The molecule has 1 saturated carbocycles. The minimum atomic E-state index is -0.409. The molecule has 0 aromatic heterocycles. The van der Waals surface area contributed by atoms with Crippen molar-refractivity contribution in [2.75, 3.05) is 24.2 Å². The molecule has 1 aliphatic carbocycles. The number of hydrogen-bond acceptors (Lipinski definition) is 5. The lowest BCUT2D eigenvalue weighted by atomic mass is 10.2. The van der Waals surface area contributed by atoms with Crippen molar-refractivity contribution >= 4 is 23.0 Å². The van der Waals surface area contributed by atoms with E-state index in [1.165, 1.54) is 0 Å². The minimum Gasteiger partial charge on any atom is -0.382 e. The van der Waals surface area contributed by atoms with E-state index < -0.39 is 4.92 Å². The second-order valence-electron chi connectivity index (χ2n) is 5.08. The summed E-state index contributed by atoms with van der Waals surface area (Å²) in [5.74, 6) is 0.0535. The molecular formula is C14H20N4O3. The van der Waals surface area contributed by atoms with Crippen LogP contribution in [0.15, 0.2) is 18.2 Å². The molecule has 1 fully saturated rings. The molecule has 0 radical (unpaired) electrons. The smallest absolute Gasteiger partial charge is 0.315 e. The Labute approximate surface area is 123 Å². The van der Waals surface area contributed by atoms with Crippen LogP contribution in [0.4, 0.5) is 17.1 Å². The zero-order valence-corrected chi connectivity index (χ0v) is 12.0. The monoisotopic (exact) mass is 292 g/mol. The molecule has 0 spiro atoms. The number of benzene rings is 1. The summed E-state index contributed by atoms with van der Waals surface area (Å²) in [4.78, 5) is 22.2. The van der Waals surface area contributed by atoms with Gasteiger partial charge in [-0.1, -0.05) is 6.07 Å². The summed E-state index contributed by atoms with van der Waals surface area (Å²) >= 11 is 0. The van der Waals surface area contributed by atoms with Crippen LogP contribution in [0, 0.1) is 10.1 Å². The second-order valence-corrected chi connectivity index (χ2v) is 5.08. The molecule has 114 valence electrons. The fraction of sp³-hybridized carbons (Fsp3) is 0.500. The lowest BCUT2D eigenvalue weighted by Crippen LogP contribution is -2.25. The Balaban J connectivity index is 1.84. The molecule has 0 heterocycles. The first-order valence-corrected chi connectivity index (χ1v) is 7.10. The van der Waals surface area contributed by atoms with E-state index in [2.05, 4.69) is 16.0 Å². The maximum absolute atomic E-state index is 11.5. The van der Waals surface area contributed by atoms with Crippen molar-refractivity contribution in [3.8, 4) is 0 Å².